The summed E-state index contributed by atoms with van der Waals surface area (Å²) in [5, 5.41) is 6.91. The van der Waals surface area contributed by atoms with Gasteiger partial charge in [0.25, 0.3) is 0 Å². The Morgan fingerprint density at radius 2 is 2.25 bits per heavy atom. The van der Waals surface area contributed by atoms with E-state index in [2.05, 4.69) is 33.0 Å². The maximum absolute atomic E-state index is 11.7. The van der Waals surface area contributed by atoms with Crippen molar-refractivity contribution in [1.82, 2.24) is 15.1 Å². The van der Waals surface area contributed by atoms with Gasteiger partial charge in [0, 0.05) is 30.9 Å². The van der Waals surface area contributed by atoms with Crippen molar-refractivity contribution in [2.24, 2.45) is 0 Å². The number of nitrogens with one attached hydrogen (secondary N) is 1. The number of halogens is 1. The molecule has 6 nitrogen and oxygen atoms in total. The lowest BCUT2D eigenvalue weighted by molar-refractivity contribution is -0.137. The highest BCUT2D eigenvalue weighted by molar-refractivity contribution is 14.1. The first-order valence-corrected chi connectivity index (χ1v) is 7.34. The molecule has 1 aromatic rings. The van der Waals surface area contributed by atoms with Gasteiger partial charge in [0.2, 0.25) is 5.91 Å². The van der Waals surface area contributed by atoms with E-state index in [4.69, 9.17) is 4.74 Å². The van der Waals surface area contributed by atoms with Crippen LogP contribution >= 0.6 is 22.6 Å². The van der Waals surface area contributed by atoms with Gasteiger partial charge < -0.3 is 10.1 Å². The maximum Gasteiger partial charge on any atom is 0.332 e. The van der Waals surface area contributed by atoms with E-state index in [1.165, 1.54) is 6.08 Å². The smallest absolute Gasteiger partial charge is 0.332 e. The molecule has 0 radical (unpaired) electrons. The number of allylic oxidation sites excluding steroid dienone is 1. The third-order valence-electron chi connectivity index (χ3n) is 2.41. The summed E-state index contributed by atoms with van der Waals surface area (Å²) in [5.41, 5.74) is 1.42. The first-order chi connectivity index (χ1) is 9.42. The second-order valence-corrected chi connectivity index (χ2v) is 5.37. The first kappa shape index (κ1) is 16.7. The molecule has 1 N–H and O–H groups in total. The zero-order valence-corrected chi connectivity index (χ0v) is 13.9. The molecule has 7 heteroatoms. The van der Waals surface area contributed by atoms with Gasteiger partial charge in [-0.25, -0.2) is 4.79 Å². The number of amides is 1. The van der Waals surface area contributed by atoms with Gasteiger partial charge in [0.1, 0.15) is 0 Å². The monoisotopic (exact) mass is 391 g/mol. The van der Waals surface area contributed by atoms with Crippen LogP contribution in [0.1, 0.15) is 26.0 Å². The molecule has 0 saturated carbocycles. The minimum absolute atomic E-state index is 0.161. The number of carbonyl (C=O) groups is 2. The van der Waals surface area contributed by atoms with Crippen LogP contribution < -0.4 is 5.32 Å². The van der Waals surface area contributed by atoms with E-state index in [-0.39, 0.29) is 5.91 Å². The van der Waals surface area contributed by atoms with Crippen LogP contribution in [-0.2, 0) is 20.9 Å². The minimum Gasteiger partial charge on any atom is -0.463 e. The third-order valence-corrected chi connectivity index (χ3v) is 3.47. The van der Waals surface area contributed by atoms with E-state index in [1.54, 1.807) is 18.5 Å². The maximum atomic E-state index is 11.7. The molecular formula is C13H18IN3O3. The molecule has 0 aliphatic rings. The number of hydrogen-bond donors (Lipinski definition) is 1. The van der Waals surface area contributed by atoms with E-state index in [1.807, 2.05) is 13.1 Å². The molecule has 0 bridgehead atoms. The lowest BCUT2D eigenvalue weighted by atomic mass is 10.3. The Labute approximate surface area is 131 Å². The van der Waals surface area contributed by atoms with Gasteiger partial charge in [-0.2, -0.15) is 5.10 Å². The number of nitrogens with zero attached hydrogens (tertiary/aromatic N) is 2. The highest BCUT2D eigenvalue weighted by Crippen LogP contribution is 2.08. The number of rotatable bonds is 6. The molecule has 0 saturated heterocycles. The molecule has 0 spiro atoms. The minimum atomic E-state index is -0.456. The first-order valence-electron chi connectivity index (χ1n) is 6.26. The molecular weight excluding hydrogens is 373 g/mol. The summed E-state index contributed by atoms with van der Waals surface area (Å²) in [6.45, 7) is 6.11. The summed E-state index contributed by atoms with van der Waals surface area (Å²) in [6.07, 6.45) is 3.46. The SMILES string of the molecule is CCOC(=O)/C=C(\C)NC(=O)CCn1cc(I)c(C)n1. The molecule has 0 aliphatic carbocycles. The number of esters is 1. The molecule has 0 fully saturated rings. The largest absolute Gasteiger partial charge is 0.463 e. The van der Waals surface area contributed by atoms with E-state index in [9.17, 15) is 9.59 Å². The van der Waals surface area contributed by atoms with Crippen LogP contribution in [0.2, 0.25) is 0 Å². The van der Waals surface area contributed by atoms with Crippen molar-refractivity contribution in [3.63, 3.8) is 0 Å². The lowest BCUT2D eigenvalue weighted by Gasteiger charge is -2.05. The van der Waals surface area contributed by atoms with E-state index >= 15 is 0 Å². The van der Waals surface area contributed by atoms with Crippen LogP contribution in [0.5, 0.6) is 0 Å². The standard InChI is InChI=1S/C13H18IN3O3/c1-4-20-13(19)7-9(2)15-12(18)5-6-17-8-11(14)10(3)16-17/h7-8H,4-6H2,1-3H3,(H,15,18)/b9-7+. The zero-order valence-electron chi connectivity index (χ0n) is 11.8. The second-order valence-electron chi connectivity index (χ2n) is 4.20. The van der Waals surface area contributed by atoms with Gasteiger partial charge in [-0.3, -0.25) is 9.48 Å². The van der Waals surface area contributed by atoms with Crippen LogP contribution in [0.25, 0.3) is 0 Å². The van der Waals surface area contributed by atoms with E-state index < -0.39 is 5.97 Å². The Morgan fingerprint density at radius 1 is 1.55 bits per heavy atom. The highest BCUT2D eigenvalue weighted by Gasteiger charge is 2.06. The molecule has 1 aromatic heterocycles. The number of hydrogen-bond acceptors (Lipinski definition) is 4. The molecule has 1 amide bonds. The van der Waals surface area contributed by atoms with Crippen LogP contribution in [0.4, 0.5) is 0 Å². The molecule has 0 atom stereocenters. The van der Waals surface area contributed by atoms with Crippen LogP contribution in [0.15, 0.2) is 18.0 Å². The topological polar surface area (TPSA) is 73.2 Å². The predicted octanol–water partition coefficient (Wildman–Crippen LogP) is 1.77. The Morgan fingerprint density at radius 3 is 2.80 bits per heavy atom. The molecule has 0 unspecified atom stereocenters. The Balaban J connectivity index is 2.42. The fraction of sp³-hybridized carbons (Fsp3) is 0.462. The average Bonchev–Trinajstić information content (AvgIpc) is 2.66. The zero-order chi connectivity index (χ0) is 15.1. The van der Waals surface area contributed by atoms with Crippen LogP contribution in [0, 0.1) is 10.5 Å². The van der Waals surface area contributed by atoms with Crippen molar-refractivity contribution in [1.29, 1.82) is 0 Å². The second kappa shape index (κ2) is 8.03. The summed E-state index contributed by atoms with van der Waals surface area (Å²) < 4.78 is 7.57. The predicted molar refractivity (Wildman–Crippen MR) is 82.8 cm³/mol. The van der Waals surface area contributed by atoms with Crippen molar-refractivity contribution in [3.05, 3.63) is 27.2 Å². The molecule has 20 heavy (non-hydrogen) atoms. The fourth-order valence-corrected chi connectivity index (χ4v) is 1.93. The molecule has 0 aromatic carbocycles. The van der Waals surface area contributed by atoms with Gasteiger partial charge in [0.15, 0.2) is 0 Å². The van der Waals surface area contributed by atoms with Crippen molar-refractivity contribution in [2.75, 3.05) is 6.61 Å². The van der Waals surface area contributed by atoms with Crippen molar-refractivity contribution >= 4 is 34.5 Å². The van der Waals surface area contributed by atoms with Gasteiger partial charge in [-0.05, 0) is 43.4 Å². The van der Waals surface area contributed by atoms with Gasteiger partial charge in [-0.15, -0.1) is 0 Å². The Kier molecular flexibility index (Phi) is 6.69. The van der Waals surface area contributed by atoms with E-state index in [0.29, 0.717) is 25.3 Å². The Bertz CT molecular complexity index is 503. The lowest BCUT2D eigenvalue weighted by Crippen LogP contribution is -2.23. The highest BCUT2D eigenvalue weighted by atomic mass is 127. The molecule has 0 aliphatic heterocycles. The van der Waals surface area contributed by atoms with Crippen molar-refractivity contribution in [3.8, 4) is 0 Å². The van der Waals surface area contributed by atoms with Gasteiger partial charge in [-0.1, -0.05) is 0 Å². The van der Waals surface area contributed by atoms with Crippen molar-refractivity contribution in [2.45, 2.75) is 33.7 Å². The number of ether oxygens (including phenoxy) is 1. The number of aryl methyl sites for hydroxylation is 2. The fourth-order valence-electron chi connectivity index (χ4n) is 1.50. The van der Waals surface area contributed by atoms with Gasteiger partial charge in [0.05, 0.1) is 15.9 Å². The van der Waals surface area contributed by atoms with E-state index in [0.717, 1.165) is 9.26 Å². The van der Waals surface area contributed by atoms with Crippen molar-refractivity contribution < 1.29 is 14.3 Å². The van der Waals surface area contributed by atoms with Gasteiger partial charge >= 0.3 is 5.97 Å². The summed E-state index contributed by atoms with van der Waals surface area (Å²) >= 11 is 2.20. The molecule has 1 heterocycles. The van der Waals surface area contributed by atoms with Crippen LogP contribution in [-0.4, -0.2) is 28.3 Å². The number of aromatic nitrogens is 2. The number of carbonyl (C=O) groups excluding carboxylic acids is 2. The quantitative estimate of drug-likeness (QED) is 0.456. The summed E-state index contributed by atoms with van der Waals surface area (Å²) in [5.74, 6) is -0.617. The third kappa shape index (κ3) is 5.72. The Hall–Kier alpha value is -1.38. The molecule has 110 valence electrons. The van der Waals surface area contributed by atoms with Crippen LogP contribution in [0.3, 0.4) is 0 Å². The summed E-state index contributed by atoms with van der Waals surface area (Å²) in [7, 11) is 0. The average molecular weight is 391 g/mol. The summed E-state index contributed by atoms with van der Waals surface area (Å²) in [4.78, 5) is 22.9. The summed E-state index contributed by atoms with van der Waals surface area (Å²) in [6, 6.07) is 0. The molecule has 1 rings (SSSR count). The normalized spacial score (nSPS) is 11.3.